The van der Waals surface area contributed by atoms with Gasteiger partial charge in [-0.05, 0) is 18.9 Å². The van der Waals surface area contributed by atoms with E-state index in [1.54, 1.807) is 0 Å². The molecule has 0 spiro atoms. The van der Waals surface area contributed by atoms with Crippen molar-refractivity contribution in [2.45, 2.75) is 44.6 Å². The summed E-state index contributed by atoms with van der Waals surface area (Å²) in [5, 5.41) is 13.6. The molecule has 3 rings (SSSR count). The summed E-state index contributed by atoms with van der Waals surface area (Å²) < 4.78 is 0. The van der Waals surface area contributed by atoms with Gasteiger partial charge in [-0.2, -0.15) is 0 Å². The molecule has 2 aromatic rings. The van der Waals surface area contributed by atoms with Crippen molar-refractivity contribution in [3.8, 4) is 0 Å². The molecule has 1 amide bonds. The van der Waals surface area contributed by atoms with Gasteiger partial charge in [0.15, 0.2) is 0 Å². The first-order valence-electron chi connectivity index (χ1n) is 8.38. The molecular weight excluding hydrogens is 328 g/mol. The molecular formula is C18H21ClN2O3. The highest BCUT2D eigenvalue weighted by molar-refractivity contribution is 6.38. The van der Waals surface area contributed by atoms with Crippen molar-refractivity contribution in [2.24, 2.45) is 5.92 Å². The van der Waals surface area contributed by atoms with E-state index in [0.717, 1.165) is 36.6 Å². The van der Waals surface area contributed by atoms with Crippen LogP contribution in [-0.4, -0.2) is 28.0 Å². The van der Waals surface area contributed by atoms with Gasteiger partial charge in [-0.1, -0.05) is 55.5 Å². The molecule has 24 heavy (non-hydrogen) atoms. The minimum absolute atomic E-state index is 0.295. The zero-order chi connectivity index (χ0) is 17.1. The molecule has 128 valence electrons. The van der Waals surface area contributed by atoms with Gasteiger partial charge in [-0.25, -0.2) is 0 Å². The van der Waals surface area contributed by atoms with Gasteiger partial charge in [0.2, 0.25) is 0 Å². The van der Waals surface area contributed by atoms with Crippen LogP contribution in [0.1, 0.15) is 49.0 Å². The number of H-pyrrole nitrogens is 1. The van der Waals surface area contributed by atoms with Crippen molar-refractivity contribution in [1.82, 2.24) is 10.3 Å². The van der Waals surface area contributed by atoms with Crippen LogP contribution in [0.15, 0.2) is 24.3 Å². The molecule has 0 aliphatic heterocycles. The molecule has 0 bridgehead atoms. The first kappa shape index (κ1) is 16.8. The number of carbonyl (C=O) groups is 2. The summed E-state index contributed by atoms with van der Waals surface area (Å²) >= 11 is 6.32. The van der Waals surface area contributed by atoms with E-state index in [2.05, 4.69) is 10.3 Å². The molecule has 1 heterocycles. The number of rotatable bonds is 3. The Kier molecular flexibility index (Phi) is 5.09. The van der Waals surface area contributed by atoms with E-state index >= 15 is 0 Å². The Morgan fingerprint density at radius 3 is 2.54 bits per heavy atom. The first-order chi connectivity index (χ1) is 11.6. The molecule has 0 saturated heterocycles. The summed E-state index contributed by atoms with van der Waals surface area (Å²) in [6.07, 6.45) is 5.22. The molecule has 2 unspecified atom stereocenters. The van der Waals surface area contributed by atoms with Gasteiger partial charge in [-0.15, -0.1) is 0 Å². The number of fused-ring (bicyclic) bond motifs is 1. The van der Waals surface area contributed by atoms with E-state index in [0.29, 0.717) is 23.6 Å². The summed E-state index contributed by atoms with van der Waals surface area (Å²) in [6, 6.07) is 7.07. The number of carboxylic acid groups (broad SMARTS) is 1. The number of hydrogen-bond acceptors (Lipinski definition) is 2. The number of halogens is 1. The second-order valence-corrected chi connectivity index (χ2v) is 6.75. The molecule has 1 aromatic carbocycles. The van der Waals surface area contributed by atoms with Crippen molar-refractivity contribution < 1.29 is 14.7 Å². The molecule has 0 radical (unpaired) electrons. The van der Waals surface area contributed by atoms with Crippen LogP contribution >= 0.6 is 11.6 Å². The van der Waals surface area contributed by atoms with Crippen LogP contribution < -0.4 is 5.32 Å². The van der Waals surface area contributed by atoms with Crippen LogP contribution in [0.2, 0.25) is 5.02 Å². The van der Waals surface area contributed by atoms with Crippen LogP contribution in [0, 0.1) is 5.92 Å². The van der Waals surface area contributed by atoms with Crippen LogP contribution in [0.5, 0.6) is 0 Å². The highest BCUT2D eigenvalue weighted by Gasteiger charge is 2.31. The Hall–Kier alpha value is -2.01. The molecule has 5 nitrogen and oxygen atoms in total. The van der Waals surface area contributed by atoms with Gasteiger partial charge in [0.1, 0.15) is 5.69 Å². The summed E-state index contributed by atoms with van der Waals surface area (Å²) in [7, 11) is 0. The van der Waals surface area contributed by atoms with E-state index in [1.165, 1.54) is 0 Å². The third kappa shape index (κ3) is 3.41. The number of aliphatic carboxylic acids is 1. The maximum Gasteiger partial charge on any atom is 0.308 e. The van der Waals surface area contributed by atoms with Crippen LogP contribution in [0.3, 0.4) is 0 Å². The fourth-order valence-corrected chi connectivity index (χ4v) is 3.76. The minimum atomic E-state index is -0.843. The van der Waals surface area contributed by atoms with Gasteiger partial charge in [0.05, 0.1) is 10.9 Å². The Bertz CT molecular complexity index is 756. The van der Waals surface area contributed by atoms with E-state index < -0.39 is 11.9 Å². The number of hydrogen-bond donors (Lipinski definition) is 3. The Labute approximate surface area is 145 Å². The quantitative estimate of drug-likeness (QED) is 0.784. The van der Waals surface area contributed by atoms with Gasteiger partial charge in [0.25, 0.3) is 5.91 Å². The van der Waals surface area contributed by atoms with E-state index in [9.17, 15) is 14.7 Å². The fourth-order valence-electron chi connectivity index (χ4n) is 3.46. The predicted molar refractivity (Wildman–Crippen MR) is 93.4 cm³/mol. The lowest BCUT2D eigenvalue weighted by Crippen LogP contribution is -2.44. The first-order valence-corrected chi connectivity index (χ1v) is 8.75. The van der Waals surface area contributed by atoms with Crippen LogP contribution in [-0.2, 0) is 4.79 Å². The maximum absolute atomic E-state index is 12.6. The lowest BCUT2D eigenvalue weighted by molar-refractivity contribution is -0.143. The summed E-state index contributed by atoms with van der Waals surface area (Å²) in [5.74, 6) is -1.73. The zero-order valence-corrected chi connectivity index (χ0v) is 14.1. The number of carboxylic acids is 1. The number of nitrogens with one attached hydrogen (secondary N) is 2. The highest BCUT2D eigenvalue weighted by atomic mass is 35.5. The number of aromatic nitrogens is 1. The largest absolute Gasteiger partial charge is 0.481 e. The number of aromatic amines is 1. The number of para-hydroxylation sites is 1. The topological polar surface area (TPSA) is 82.2 Å². The minimum Gasteiger partial charge on any atom is -0.481 e. The zero-order valence-electron chi connectivity index (χ0n) is 13.3. The SMILES string of the molecule is O=C(NC1CCCCCCC1C(=O)O)c1[nH]c2ccccc2c1Cl. The average molecular weight is 349 g/mol. The van der Waals surface area contributed by atoms with Crippen molar-refractivity contribution in [3.05, 3.63) is 35.0 Å². The monoisotopic (exact) mass is 348 g/mol. The number of amides is 1. The third-order valence-electron chi connectivity index (χ3n) is 4.77. The molecule has 1 saturated carbocycles. The highest BCUT2D eigenvalue weighted by Crippen LogP contribution is 2.28. The summed E-state index contributed by atoms with van der Waals surface area (Å²) in [6.45, 7) is 0. The van der Waals surface area contributed by atoms with Crippen LogP contribution in [0.4, 0.5) is 0 Å². The molecule has 1 aliphatic rings. The molecule has 1 aliphatic carbocycles. The third-order valence-corrected chi connectivity index (χ3v) is 5.16. The maximum atomic E-state index is 12.6. The Balaban J connectivity index is 1.82. The van der Waals surface area contributed by atoms with Crippen LogP contribution in [0.25, 0.3) is 10.9 Å². The molecule has 6 heteroatoms. The second-order valence-electron chi connectivity index (χ2n) is 6.38. The van der Waals surface area contributed by atoms with Crippen molar-refractivity contribution >= 4 is 34.4 Å². The van der Waals surface area contributed by atoms with Gasteiger partial charge < -0.3 is 15.4 Å². The van der Waals surface area contributed by atoms with Gasteiger partial charge in [-0.3, -0.25) is 9.59 Å². The average Bonchev–Trinajstić information content (AvgIpc) is 2.87. The van der Waals surface area contributed by atoms with Gasteiger partial charge in [0, 0.05) is 16.9 Å². The summed E-state index contributed by atoms with van der Waals surface area (Å²) in [4.78, 5) is 27.3. The number of benzene rings is 1. The lowest BCUT2D eigenvalue weighted by atomic mass is 9.86. The Morgan fingerprint density at radius 1 is 1.12 bits per heavy atom. The predicted octanol–water partition coefficient (Wildman–Crippen LogP) is 3.97. The number of carbonyl (C=O) groups excluding carboxylic acids is 1. The van der Waals surface area contributed by atoms with E-state index in [-0.39, 0.29) is 11.9 Å². The standard InChI is InChI=1S/C18H21ClN2O3/c19-15-11-7-5-6-10-13(11)20-16(15)17(22)21-14-9-4-2-1-3-8-12(14)18(23)24/h5-7,10,12,14,20H,1-4,8-9H2,(H,21,22)(H,23,24). The lowest BCUT2D eigenvalue weighted by Gasteiger charge is -2.27. The summed E-state index contributed by atoms with van der Waals surface area (Å²) in [5.41, 5.74) is 1.09. The Morgan fingerprint density at radius 2 is 1.83 bits per heavy atom. The molecule has 3 N–H and O–H groups in total. The second kappa shape index (κ2) is 7.26. The fraction of sp³-hybridized carbons (Fsp3) is 0.444. The normalized spacial score (nSPS) is 21.9. The molecule has 1 aromatic heterocycles. The molecule has 2 atom stereocenters. The molecule has 1 fully saturated rings. The van der Waals surface area contributed by atoms with E-state index in [1.807, 2.05) is 24.3 Å². The smallest absolute Gasteiger partial charge is 0.308 e. The van der Waals surface area contributed by atoms with Crippen molar-refractivity contribution in [3.63, 3.8) is 0 Å². The van der Waals surface area contributed by atoms with Crippen molar-refractivity contribution in [1.29, 1.82) is 0 Å². The van der Waals surface area contributed by atoms with E-state index in [4.69, 9.17) is 11.6 Å². The van der Waals surface area contributed by atoms with Gasteiger partial charge >= 0.3 is 5.97 Å². The van der Waals surface area contributed by atoms with Crippen molar-refractivity contribution in [2.75, 3.05) is 0 Å².